The second-order valence-electron chi connectivity index (χ2n) is 7.05. The van der Waals surface area contributed by atoms with Crippen molar-refractivity contribution in [3.8, 4) is 6.01 Å². The molecule has 3 N–H and O–H groups in total. The van der Waals surface area contributed by atoms with Gasteiger partial charge in [0.15, 0.2) is 0 Å². The molecule has 0 aromatic carbocycles. The molecule has 0 spiro atoms. The first-order valence-corrected chi connectivity index (χ1v) is 14.8. The van der Waals surface area contributed by atoms with Gasteiger partial charge < -0.3 is 19.4 Å². The van der Waals surface area contributed by atoms with E-state index in [-0.39, 0.29) is 5.95 Å². The van der Waals surface area contributed by atoms with Crippen LogP contribution in [0.25, 0.3) is 0 Å². The Morgan fingerprint density at radius 2 is 1.76 bits per heavy atom. The van der Waals surface area contributed by atoms with E-state index in [1.165, 1.54) is 12.7 Å². The van der Waals surface area contributed by atoms with E-state index >= 15 is 0 Å². The summed E-state index contributed by atoms with van der Waals surface area (Å²) in [4.78, 5) is 33.0. The fourth-order valence-corrected chi connectivity index (χ4v) is 2.89. The van der Waals surface area contributed by atoms with Crippen LogP contribution in [-0.4, -0.2) is 56.1 Å². The number of aromatic nitrogens is 6. The van der Waals surface area contributed by atoms with Gasteiger partial charge in [-0.15, -0.1) is 0 Å². The molecular formula is C12H23N8O2Si3. The van der Waals surface area contributed by atoms with Crippen LogP contribution >= 0.6 is 0 Å². The van der Waals surface area contributed by atoms with Crippen LogP contribution in [0.5, 0.6) is 6.01 Å². The Bertz CT molecular complexity index is 726. The van der Waals surface area contributed by atoms with Crippen molar-refractivity contribution in [2.75, 3.05) is 10.7 Å². The minimum Gasteiger partial charge on any atom is -0.518 e. The molecule has 0 saturated heterocycles. The zero-order chi connectivity index (χ0) is 19.3. The number of nitrogens with two attached hydrogens (primary N) is 1. The van der Waals surface area contributed by atoms with Crippen molar-refractivity contribution >= 4 is 38.9 Å². The third-order valence-corrected chi connectivity index (χ3v) is 4.23. The lowest BCUT2D eigenvalue weighted by Crippen LogP contribution is -2.34. The Kier molecular flexibility index (Phi) is 6.95. The van der Waals surface area contributed by atoms with E-state index in [1.807, 2.05) is 0 Å². The molecular weight excluding hydrogens is 372 g/mol. The number of hydrogen-bond acceptors (Lipinski definition) is 9. The highest BCUT2D eigenvalue weighted by Gasteiger charge is 2.19. The summed E-state index contributed by atoms with van der Waals surface area (Å²) in [6.07, 6.45) is 2.73. The molecule has 135 valence electrons. The van der Waals surface area contributed by atoms with Crippen LogP contribution in [0.1, 0.15) is 0 Å². The first kappa shape index (κ1) is 20.9. The molecule has 0 aliphatic rings. The molecule has 0 aliphatic heterocycles. The molecule has 2 heterocycles. The average Bonchev–Trinajstić information content (AvgIpc) is 2.40. The lowest BCUT2D eigenvalue weighted by atomic mass is 10.9. The van der Waals surface area contributed by atoms with Crippen LogP contribution in [0.15, 0.2) is 17.4 Å². The highest BCUT2D eigenvalue weighted by Crippen LogP contribution is 2.12. The van der Waals surface area contributed by atoms with Gasteiger partial charge in [-0.25, -0.2) is 14.8 Å². The maximum atomic E-state index is 10.5. The van der Waals surface area contributed by atoms with Crippen LogP contribution in [0.2, 0.25) is 39.3 Å². The summed E-state index contributed by atoms with van der Waals surface area (Å²) in [6, 6.07) is 0.426. The van der Waals surface area contributed by atoms with E-state index in [4.69, 9.17) is 10.2 Å². The van der Waals surface area contributed by atoms with Crippen molar-refractivity contribution < 1.29 is 4.43 Å². The molecule has 0 fully saturated rings. The zero-order valence-corrected chi connectivity index (χ0v) is 18.2. The van der Waals surface area contributed by atoms with Gasteiger partial charge in [0.2, 0.25) is 30.6 Å². The Balaban J connectivity index is 0.000000293. The summed E-state index contributed by atoms with van der Waals surface area (Å²) < 4.78 is 6.76. The monoisotopic (exact) mass is 395 g/mol. The first-order valence-electron chi connectivity index (χ1n) is 7.45. The normalized spacial score (nSPS) is 11.3. The highest BCUT2D eigenvalue weighted by molar-refractivity contribution is 6.79. The minimum absolute atomic E-state index is 0.0190. The Hall–Kier alpha value is -2.13. The first-order chi connectivity index (χ1) is 11.4. The average molecular weight is 396 g/mol. The molecule has 2 aromatic heterocycles. The smallest absolute Gasteiger partial charge is 0.343 e. The van der Waals surface area contributed by atoms with Gasteiger partial charge in [0.05, 0.1) is 6.33 Å². The summed E-state index contributed by atoms with van der Waals surface area (Å²) >= 11 is 0. The van der Waals surface area contributed by atoms with Crippen molar-refractivity contribution in [2.45, 2.75) is 39.3 Å². The molecule has 3 radical (unpaired) electrons. The Morgan fingerprint density at radius 3 is 2.24 bits per heavy atom. The highest BCUT2D eigenvalue weighted by atomic mass is 28.4. The van der Waals surface area contributed by atoms with Gasteiger partial charge in [-0.05, 0) is 19.6 Å². The number of anilines is 2. The third kappa shape index (κ3) is 9.06. The van der Waals surface area contributed by atoms with E-state index < -0.39 is 22.2 Å². The van der Waals surface area contributed by atoms with Crippen LogP contribution in [0, 0.1) is 0 Å². The van der Waals surface area contributed by atoms with E-state index in [9.17, 15) is 4.79 Å². The van der Waals surface area contributed by atoms with Gasteiger partial charge >= 0.3 is 11.7 Å². The van der Waals surface area contributed by atoms with Gasteiger partial charge in [0, 0.05) is 0 Å². The van der Waals surface area contributed by atoms with Crippen LogP contribution in [0.4, 0.5) is 11.9 Å². The molecule has 0 atom stereocenters. The van der Waals surface area contributed by atoms with Crippen molar-refractivity contribution in [3.05, 3.63) is 23.1 Å². The molecule has 0 aliphatic carbocycles. The molecule has 10 nitrogen and oxygen atoms in total. The van der Waals surface area contributed by atoms with E-state index in [0.29, 0.717) is 12.0 Å². The summed E-state index contributed by atoms with van der Waals surface area (Å²) in [5, 5.41) is 0. The van der Waals surface area contributed by atoms with Crippen molar-refractivity contribution in [1.29, 1.82) is 0 Å². The zero-order valence-electron chi connectivity index (χ0n) is 15.2. The minimum atomic E-state index is -1.65. The molecule has 2 rings (SSSR count). The summed E-state index contributed by atoms with van der Waals surface area (Å²) in [7, 11) is -0.175. The maximum absolute atomic E-state index is 10.5. The largest absolute Gasteiger partial charge is 0.518 e. The van der Waals surface area contributed by atoms with Gasteiger partial charge in [-0.2, -0.15) is 15.0 Å². The number of hydrogen-bond donors (Lipinski definition) is 2. The van der Waals surface area contributed by atoms with Crippen molar-refractivity contribution in [3.63, 3.8) is 0 Å². The van der Waals surface area contributed by atoms with Crippen molar-refractivity contribution in [1.82, 2.24) is 29.2 Å². The van der Waals surface area contributed by atoms with Crippen molar-refractivity contribution in [2.24, 2.45) is 0 Å². The lowest BCUT2D eigenvalue weighted by molar-refractivity contribution is 0.507. The van der Waals surface area contributed by atoms with E-state index in [2.05, 4.69) is 79.6 Å². The van der Waals surface area contributed by atoms with Gasteiger partial charge in [-0.1, -0.05) is 19.6 Å². The second-order valence-corrected chi connectivity index (χ2v) is 16.7. The number of nitrogen functional groups attached to an aromatic ring is 1. The molecule has 0 saturated carbocycles. The molecule has 0 unspecified atom stereocenters. The lowest BCUT2D eigenvalue weighted by Gasteiger charge is -2.20. The second kappa shape index (κ2) is 8.30. The van der Waals surface area contributed by atoms with Gasteiger partial charge in [-0.3, -0.25) is 0 Å². The van der Waals surface area contributed by atoms with Crippen LogP contribution in [-0.2, 0) is 0 Å². The summed E-state index contributed by atoms with van der Waals surface area (Å²) in [5.41, 5.74) is 4.60. The van der Waals surface area contributed by atoms with Gasteiger partial charge in [0.1, 0.15) is 14.6 Å². The number of rotatable bonds is 4. The molecule has 0 bridgehead atoms. The SMILES string of the molecule is C[Si](C)(C)Nc1ncnc(O[Si](C)(C)C)n1.Nc1ncn([Si])c(=O)n1. The van der Waals surface area contributed by atoms with E-state index in [0.717, 1.165) is 4.23 Å². The van der Waals surface area contributed by atoms with E-state index in [1.54, 1.807) is 0 Å². The summed E-state index contributed by atoms with van der Waals surface area (Å²) in [5.74, 6) is 0.594. The predicted molar refractivity (Wildman–Crippen MR) is 103 cm³/mol. The molecule has 0 amide bonds. The molecule has 25 heavy (non-hydrogen) atoms. The third-order valence-electron chi connectivity index (χ3n) is 2.16. The van der Waals surface area contributed by atoms with Crippen LogP contribution < -0.4 is 20.8 Å². The Labute approximate surface area is 152 Å². The number of nitrogens with one attached hydrogen (secondary N) is 1. The molecule has 2 aromatic rings. The molecule has 13 heteroatoms. The standard InChI is InChI=1S/C9H20N4OSi2.C3H3N4OSi/c1-15(2,3)13-8-10-7-11-9(12-8)14-16(4,5)6;4-2-5-1-7(9)3(8)6-2/h7H,1-6H3,(H,10,11,12,13);1H,(H2,4,6,8). The predicted octanol–water partition coefficient (Wildman–Crippen LogP) is 0.484. The Morgan fingerprint density at radius 1 is 1.12 bits per heavy atom. The topological polar surface area (TPSA) is 134 Å². The number of nitrogens with zero attached hydrogens (tertiary/aromatic N) is 6. The quantitative estimate of drug-likeness (QED) is 0.709. The van der Waals surface area contributed by atoms with Gasteiger partial charge in [0.25, 0.3) is 0 Å². The fraction of sp³-hybridized carbons (Fsp3) is 0.500. The maximum Gasteiger partial charge on any atom is 0.343 e. The summed E-state index contributed by atoms with van der Waals surface area (Å²) in [6.45, 7) is 12.9. The fourth-order valence-electron chi connectivity index (χ4n) is 1.35. The van der Waals surface area contributed by atoms with Crippen LogP contribution in [0.3, 0.4) is 0 Å².